The predicted octanol–water partition coefficient (Wildman–Crippen LogP) is 3.07. The van der Waals surface area contributed by atoms with Crippen LogP contribution in [-0.4, -0.2) is 45.8 Å². The molecule has 1 aromatic rings. The Kier molecular flexibility index (Phi) is 7.96. The predicted molar refractivity (Wildman–Crippen MR) is 112 cm³/mol. The molecule has 0 spiro atoms. The lowest BCUT2D eigenvalue weighted by atomic mass is 9.83. The molecular formula is C18H33IN6. The highest BCUT2D eigenvalue weighted by atomic mass is 127. The largest absolute Gasteiger partial charge is 0.357 e. The van der Waals surface area contributed by atoms with Crippen molar-refractivity contribution < 1.29 is 0 Å². The van der Waals surface area contributed by atoms with Gasteiger partial charge in [-0.05, 0) is 38.0 Å². The van der Waals surface area contributed by atoms with Crippen LogP contribution in [0.5, 0.6) is 0 Å². The van der Waals surface area contributed by atoms with Crippen molar-refractivity contribution in [2.45, 2.75) is 65.5 Å². The summed E-state index contributed by atoms with van der Waals surface area (Å²) < 4.78 is 2.23. The van der Waals surface area contributed by atoms with E-state index in [0.29, 0.717) is 6.54 Å². The lowest BCUT2D eigenvalue weighted by Gasteiger charge is -2.31. The molecule has 0 radical (unpaired) electrons. The fraction of sp³-hybridized carbons (Fsp3) is 0.833. The summed E-state index contributed by atoms with van der Waals surface area (Å²) in [4.78, 5) is 7.12. The van der Waals surface area contributed by atoms with E-state index in [0.717, 1.165) is 55.5 Å². The number of aromatic nitrogens is 3. The Morgan fingerprint density at radius 3 is 2.76 bits per heavy atom. The van der Waals surface area contributed by atoms with Crippen molar-refractivity contribution in [2.24, 2.45) is 16.8 Å². The van der Waals surface area contributed by atoms with Gasteiger partial charge in [-0.1, -0.05) is 19.8 Å². The number of hydrogen-bond donors (Lipinski definition) is 1. The highest BCUT2D eigenvalue weighted by molar-refractivity contribution is 14.0. The first kappa shape index (κ1) is 20.5. The first-order valence-corrected chi connectivity index (χ1v) is 9.57. The molecule has 0 atom stereocenters. The Morgan fingerprint density at radius 2 is 2.04 bits per heavy atom. The van der Waals surface area contributed by atoms with Gasteiger partial charge in [-0.3, -0.25) is 0 Å². The monoisotopic (exact) mass is 460 g/mol. The summed E-state index contributed by atoms with van der Waals surface area (Å²) in [6.45, 7) is 8.14. The van der Waals surface area contributed by atoms with E-state index in [1.165, 1.54) is 32.1 Å². The van der Waals surface area contributed by atoms with Gasteiger partial charge >= 0.3 is 0 Å². The molecule has 7 heteroatoms. The summed E-state index contributed by atoms with van der Waals surface area (Å²) in [5, 5.41) is 12.0. The van der Waals surface area contributed by atoms with E-state index in [1.54, 1.807) is 0 Å². The van der Waals surface area contributed by atoms with Crippen molar-refractivity contribution in [3.63, 3.8) is 0 Å². The molecule has 1 N–H and O–H groups in total. The second-order valence-electron chi connectivity index (χ2n) is 7.46. The van der Waals surface area contributed by atoms with Crippen LogP contribution >= 0.6 is 24.0 Å². The van der Waals surface area contributed by atoms with Gasteiger partial charge in [-0.15, -0.1) is 34.2 Å². The maximum Gasteiger partial charge on any atom is 0.194 e. The van der Waals surface area contributed by atoms with Gasteiger partial charge in [0, 0.05) is 33.1 Å². The Bertz CT molecular complexity index is 562. The van der Waals surface area contributed by atoms with Crippen molar-refractivity contribution in [2.75, 3.05) is 20.1 Å². The number of halogens is 1. The number of guanidine groups is 1. The van der Waals surface area contributed by atoms with Crippen molar-refractivity contribution in [3.8, 4) is 0 Å². The molecule has 0 saturated heterocycles. The van der Waals surface area contributed by atoms with Gasteiger partial charge in [0.25, 0.3) is 0 Å². The molecular weight excluding hydrogens is 427 g/mol. The van der Waals surface area contributed by atoms with Crippen molar-refractivity contribution in [1.82, 2.24) is 25.0 Å². The van der Waals surface area contributed by atoms with Crippen LogP contribution in [0.2, 0.25) is 0 Å². The lowest BCUT2D eigenvalue weighted by Crippen LogP contribution is -2.41. The first-order chi connectivity index (χ1) is 11.7. The van der Waals surface area contributed by atoms with E-state index < -0.39 is 0 Å². The average molecular weight is 460 g/mol. The molecule has 1 aromatic heterocycles. The fourth-order valence-corrected chi connectivity index (χ4v) is 3.93. The SMILES string of the molecule is CCNC(=NCc1nnc2n1CCC2)N(C)CC1CCC(C)CC1.I. The molecule has 142 valence electrons. The highest BCUT2D eigenvalue weighted by Gasteiger charge is 2.21. The number of rotatable bonds is 5. The molecule has 0 unspecified atom stereocenters. The van der Waals surface area contributed by atoms with Crippen LogP contribution in [0, 0.1) is 11.8 Å². The van der Waals surface area contributed by atoms with E-state index in [9.17, 15) is 0 Å². The van der Waals surface area contributed by atoms with Gasteiger partial charge in [0.05, 0.1) is 0 Å². The maximum atomic E-state index is 4.82. The van der Waals surface area contributed by atoms with Crippen molar-refractivity contribution >= 4 is 29.9 Å². The molecule has 1 aliphatic carbocycles. The summed E-state index contributed by atoms with van der Waals surface area (Å²) in [7, 11) is 2.16. The summed E-state index contributed by atoms with van der Waals surface area (Å²) in [5.74, 6) is 4.81. The van der Waals surface area contributed by atoms with Crippen molar-refractivity contribution in [3.05, 3.63) is 11.6 Å². The zero-order chi connectivity index (χ0) is 16.9. The quantitative estimate of drug-likeness (QED) is 0.417. The second-order valence-corrected chi connectivity index (χ2v) is 7.46. The molecule has 0 bridgehead atoms. The molecule has 25 heavy (non-hydrogen) atoms. The lowest BCUT2D eigenvalue weighted by molar-refractivity contribution is 0.250. The number of aliphatic imine (C=N–C) groups is 1. The topological polar surface area (TPSA) is 58.3 Å². The second kappa shape index (κ2) is 9.73. The summed E-state index contributed by atoms with van der Waals surface area (Å²) in [5.41, 5.74) is 0. The van der Waals surface area contributed by atoms with E-state index in [1.807, 2.05) is 0 Å². The van der Waals surface area contributed by atoms with Crippen LogP contribution < -0.4 is 5.32 Å². The van der Waals surface area contributed by atoms with Crippen molar-refractivity contribution in [1.29, 1.82) is 0 Å². The Morgan fingerprint density at radius 1 is 1.28 bits per heavy atom. The number of aryl methyl sites for hydroxylation is 1. The van der Waals surface area contributed by atoms with Gasteiger partial charge in [0.15, 0.2) is 11.8 Å². The number of nitrogens with zero attached hydrogens (tertiary/aromatic N) is 5. The normalized spacial score (nSPS) is 23.1. The summed E-state index contributed by atoms with van der Waals surface area (Å²) in [6, 6.07) is 0. The average Bonchev–Trinajstić information content (AvgIpc) is 3.17. The van der Waals surface area contributed by atoms with Crippen LogP contribution in [0.3, 0.4) is 0 Å². The third-order valence-electron chi connectivity index (χ3n) is 5.42. The zero-order valence-corrected chi connectivity index (χ0v) is 18.2. The fourth-order valence-electron chi connectivity index (χ4n) is 3.93. The summed E-state index contributed by atoms with van der Waals surface area (Å²) in [6.07, 6.45) is 7.68. The van der Waals surface area contributed by atoms with Crippen LogP contribution in [0.25, 0.3) is 0 Å². The molecule has 0 amide bonds. The minimum absolute atomic E-state index is 0. The van der Waals surface area contributed by atoms with Crippen LogP contribution in [-0.2, 0) is 19.5 Å². The molecule has 1 saturated carbocycles. The van der Waals surface area contributed by atoms with E-state index in [4.69, 9.17) is 4.99 Å². The molecule has 1 fully saturated rings. The van der Waals surface area contributed by atoms with Gasteiger partial charge < -0.3 is 14.8 Å². The van der Waals surface area contributed by atoms with E-state index in [2.05, 4.69) is 45.9 Å². The van der Waals surface area contributed by atoms with Crippen LogP contribution in [0.4, 0.5) is 0 Å². The Labute approximate surface area is 168 Å². The Hall–Kier alpha value is -0.860. The number of hydrogen-bond acceptors (Lipinski definition) is 3. The highest BCUT2D eigenvalue weighted by Crippen LogP contribution is 2.28. The molecule has 2 aliphatic rings. The molecule has 2 heterocycles. The molecule has 6 nitrogen and oxygen atoms in total. The van der Waals surface area contributed by atoms with Gasteiger partial charge in [-0.2, -0.15) is 0 Å². The van der Waals surface area contributed by atoms with E-state index in [-0.39, 0.29) is 24.0 Å². The molecule has 1 aliphatic heterocycles. The van der Waals surface area contributed by atoms with Gasteiger partial charge in [0.1, 0.15) is 12.4 Å². The van der Waals surface area contributed by atoms with E-state index >= 15 is 0 Å². The third-order valence-corrected chi connectivity index (χ3v) is 5.42. The maximum absolute atomic E-state index is 4.82. The zero-order valence-electron chi connectivity index (χ0n) is 15.9. The van der Waals surface area contributed by atoms with Crippen LogP contribution in [0.15, 0.2) is 4.99 Å². The standard InChI is InChI=1S/C18H32N6.HI/c1-4-19-18(23(3)13-15-9-7-14(2)8-10-15)20-12-17-22-21-16-6-5-11-24(16)17;/h14-15H,4-13H2,1-3H3,(H,19,20);1H. The Balaban J connectivity index is 0.00000225. The minimum Gasteiger partial charge on any atom is -0.357 e. The first-order valence-electron chi connectivity index (χ1n) is 9.57. The van der Waals surface area contributed by atoms with Gasteiger partial charge in [0.2, 0.25) is 0 Å². The minimum atomic E-state index is 0. The molecule has 3 rings (SSSR count). The number of nitrogens with one attached hydrogen (secondary N) is 1. The summed E-state index contributed by atoms with van der Waals surface area (Å²) >= 11 is 0. The van der Waals surface area contributed by atoms with Crippen LogP contribution in [0.1, 0.15) is 57.6 Å². The van der Waals surface area contributed by atoms with Gasteiger partial charge in [-0.25, -0.2) is 4.99 Å². The number of fused-ring (bicyclic) bond motifs is 1. The molecule has 0 aromatic carbocycles. The third kappa shape index (κ3) is 5.31. The smallest absolute Gasteiger partial charge is 0.194 e.